The van der Waals surface area contributed by atoms with Gasteiger partial charge in [-0.2, -0.15) is 4.31 Å². The van der Waals surface area contributed by atoms with Gasteiger partial charge in [-0.25, -0.2) is 12.8 Å². The monoisotopic (exact) mass is 491 g/mol. The van der Waals surface area contributed by atoms with E-state index in [1.807, 2.05) is 6.92 Å². The predicted molar refractivity (Wildman–Crippen MR) is 126 cm³/mol. The van der Waals surface area contributed by atoms with Gasteiger partial charge in [0.05, 0.1) is 10.6 Å². The van der Waals surface area contributed by atoms with E-state index in [4.69, 9.17) is 0 Å². The van der Waals surface area contributed by atoms with Crippen LogP contribution in [0.4, 0.5) is 15.8 Å². The molecule has 0 radical (unpaired) electrons. The Morgan fingerprint density at radius 3 is 2.64 bits per heavy atom. The van der Waals surface area contributed by atoms with Gasteiger partial charge in [0.1, 0.15) is 12.4 Å². The van der Waals surface area contributed by atoms with Crippen LogP contribution in [-0.2, 0) is 19.6 Å². The molecule has 4 rings (SSSR count). The molecular formula is C23H26FN3O4S2. The van der Waals surface area contributed by atoms with E-state index in [-0.39, 0.29) is 34.7 Å². The number of rotatable bonds is 5. The molecule has 7 nitrogen and oxygen atoms in total. The Kier molecular flexibility index (Phi) is 7.06. The Morgan fingerprint density at radius 2 is 1.91 bits per heavy atom. The lowest BCUT2D eigenvalue weighted by Crippen LogP contribution is -2.39. The number of piperidine rings is 1. The summed E-state index contributed by atoms with van der Waals surface area (Å²) in [6.07, 6.45) is 2.86. The van der Waals surface area contributed by atoms with Gasteiger partial charge >= 0.3 is 0 Å². The first kappa shape index (κ1) is 23.7. The van der Waals surface area contributed by atoms with Crippen LogP contribution in [0.15, 0.2) is 52.3 Å². The summed E-state index contributed by atoms with van der Waals surface area (Å²) < 4.78 is 41.4. The minimum absolute atomic E-state index is 0.0305. The van der Waals surface area contributed by atoms with Crippen LogP contribution in [0.25, 0.3) is 0 Å². The first-order chi connectivity index (χ1) is 15.7. The summed E-state index contributed by atoms with van der Waals surface area (Å²) >= 11 is 1.48. The summed E-state index contributed by atoms with van der Waals surface area (Å²) in [5.41, 5.74) is 0.688. The zero-order valence-electron chi connectivity index (χ0n) is 18.3. The Morgan fingerprint density at radius 1 is 1.15 bits per heavy atom. The molecule has 2 aliphatic heterocycles. The van der Waals surface area contributed by atoms with Crippen molar-refractivity contribution < 1.29 is 22.4 Å². The van der Waals surface area contributed by atoms with E-state index < -0.39 is 21.7 Å². The Hall–Kier alpha value is -2.43. The highest BCUT2D eigenvalue weighted by Crippen LogP contribution is 2.39. The second-order valence-corrected chi connectivity index (χ2v) is 11.7. The van der Waals surface area contributed by atoms with E-state index in [0.717, 1.165) is 24.2 Å². The zero-order valence-corrected chi connectivity index (χ0v) is 19.9. The number of fused-ring (bicyclic) bond motifs is 1. The van der Waals surface area contributed by atoms with Crippen molar-refractivity contribution in [3.8, 4) is 0 Å². The summed E-state index contributed by atoms with van der Waals surface area (Å²) in [5, 5.41) is 2.57. The highest BCUT2D eigenvalue weighted by Gasteiger charge is 2.31. The summed E-state index contributed by atoms with van der Waals surface area (Å²) in [4.78, 5) is 27.9. The Bertz CT molecular complexity index is 1170. The summed E-state index contributed by atoms with van der Waals surface area (Å²) in [5.74, 6) is -1.25. The van der Waals surface area contributed by atoms with Crippen LogP contribution in [0.2, 0.25) is 0 Å². The smallest absolute Gasteiger partial charge is 0.244 e. The number of halogens is 1. The van der Waals surface area contributed by atoms with Crippen LogP contribution >= 0.6 is 11.8 Å². The van der Waals surface area contributed by atoms with Gasteiger partial charge in [0.2, 0.25) is 21.8 Å². The molecule has 2 aromatic rings. The minimum atomic E-state index is -3.70. The van der Waals surface area contributed by atoms with Crippen LogP contribution in [0, 0.1) is 5.82 Å². The normalized spacial score (nSPS) is 19.6. The van der Waals surface area contributed by atoms with Gasteiger partial charge in [-0.15, -0.1) is 11.8 Å². The van der Waals surface area contributed by atoms with Gasteiger partial charge in [0, 0.05) is 35.3 Å². The molecule has 1 N–H and O–H groups in total. The number of thioether (sulfide) groups is 1. The third-order valence-corrected chi connectivity index (χ3v) is 8.74. The van der Waals surface area contributed by atoms with Crippen molar-refractivity contribution in [1.29, 1.82) is 0 Å². The average molecular weight is 492 g/mol. The number of nitrogens with zero attached hydrogens (tertiary/aromatic N) is 2. The molecule has 0 bridgehead atoms. The third-order valence-electron chi connectivity index (χ3n) is 5.68. The molecule has 0 aliphatic carbocycles. The topological polar surface area (TPSA) is 86.8 Å². The summed E-state index contributed by atoms with van der Waals surface area (Å²) in [6.45, 7) is 2.57. The second kappa shape index (κ2) is 9.82. The highest BCUT2D eigenvalue weighted by molar-refractivity contribution is 8.00. The lowest BCUT2D eigenvalue weighted by Gasteiger charge is -2.27. The number of amides is 2. The molecule has 0 spiro atoms. The lowest BCUT2D eigenvalue weighted by molar-refractivity contribution is -0.121. The fourth-order valence-corrected chi connectivity index (χ4v) is 6.69. The molecule has 10 heteroatoms. The van der Waals surface area contributed by atoms with E-state index in [1.165, 1.54) is 45.2 Å². The number of sulfonamides is 1. The first-order valence-corrected chi connectivity index (χ1v) is 13.2. The second-order valence-electron chi connectivity index (χ2n) is 8.27. The molecule has 2 aromatic carbocycles. The van der Waals surface area contributed by atoms with Crippen LogP contribution in [0.3, 0.4) is 0 Å². The van der Waals surface area contributed by atoms with Gasteiger partial charge in [-0.3, -0.25) is 9.59 Å². The van der Waals surface area contributed by atoms with Crippen LogP contribution in [0.1, 0.15) is 32.6 Å². The van der Waals surface area contributed by atoms with Crippen LogP contribution in [0.5, 0.6) is 0 Å². The maximum Gasteiger partial charge on any atom is 0.244 e. The van der Waals surface area contributed by atoms with E-state index in [2.05, 4.69) is 5.32 Å². The van der Waals surface area contributed by atoms with Crippen LogP contribution < -0.4 is 10.2 Å². The zero-order chi connectivity index (χ0) is 23.6. The number of benzene rings is 2. The third kappa shape index (κ3) is 5.39. The summed E-state index contributed by atoms with van der Waals surface area (Å²) in [7, 11) is -3.70. The summed E-state index contributed by atoms with van der Waals surface area (Å²) in [6, 6.07) is 10.3. The van der Waals surface area contributed by atoms with Gasteiger partial charge in [0.15, 0.2) is 0 Å². The van der Waals surface area contributed by atoms with E-state index in [0.29, 0.717) is 18.8 Å². The average Bonchev–Trinajstić information content (AvgIpc) is 2.89. The Balaban J connectivity index is 1.64. The standard InChI is InChI=1S/C23H26FN3O4S2/c1-16-12-23(29)27(15-22(28)25-18-7-5-6-17(24)13-18)20-14-19(8-9-21(20)32-16)33(30,31)26-10-3-2-4-11-26/h5-9,13-14,16H,2-4,10-12,15H2,1H3,(H,25,28). The lowest BCUT2D eigenvalue weighted by atomic mass is 10.2. The molecule has 2 heterocycles. The van der Waals surface area contributed by atoms with E-state index >= 15 is 0 Å². The Labute approximate surface area is 197 Å². The van der Waals surface area contributed by atoms with E-state index in [1.54, 1.807) is 18.2 Å². The molecule has 1 fully saturated rings. The molecule has 1 saturated heterocycles. The SMILES string of the molecule is CC1CC(=O)N(CC(=O)Nc2cccc(F)c2)c2cc(S(=O)(=O)N3CCCCC3)ccc2S1. The van der Waals surface area contributed by atoms with Gasteiger partial charge in [0.25, 0.3) is 0 Å². The minimum Gasteiger partial charge on any atom is -0.324 e. The number of carbonyl (C=O) groups is 2. The van der Waals surface area contributed by atoms with Crippen molar-refractivity contribution in [2.24, 2.45) is 0 Å². The van der Waals surface area contributed by atoms with Crippen molar-refractivity contribution in [3.63, 3.8) is 0 Å². The predicted octanol–water partition coefficient (Wildman–Crippen LogP) is 3.86. The molecule has 2 aliphatic rings. The largest absolute Gasteiger partial charge is 0.324 e. The molecule has 33 heavy (non-hydrogen) atoms. The van der Waals surface area contributed by atoms with Crippen molar-refractivity contribution in [1.82, 2.24) is 4.31 Å². The van der Waals surface area contributed by atoms with Crippen molar-refractivity contribution in [3.05, 3.63) is 48.3 Å². The molecule has 176 valence electrons. The van der Waals surface area contributed by atoms with Crippen molar-refractivity contribution in [2.75, 3.05) is 29.9 Å². The number of hydrogen-bond donors (Lipinski definition) is 1. The van der Waals surface area contributed by atoms with Crippen molar-refractivity contribution >= 4 is 45.0 Å². The number of hydrogen-bond acceptors (Lipinski definition) is 5. The molecule has 2 amide bonds. The molecular weight excluding hydrogens is 465 g/mol. The maximum absolute atomic E-state index is 13.5. The molecule has 0 aromatic heterocycles. The van der Waals surface area contributed by atoms with Crippen LogP contribution in [-0.4, -0.2) is 49.4 Å². The molecule has 1 atom stereocenters. The number of anilines is 2. The molecule has 0 saturated carbocycles. The van der Waals surface area contributed by atoms with Gasteiger partial charge < -0.3 is 10.2 Å². The van der Waals surface area contributed by atoms with E-state index in [9.17, 15) is 22.4 Å². The number of nitrogens with one attached hydrogen (secondary N) is 1. The quantitative estimate of drug-likeness (QED) is 0.687. The van der Waals surface area contributed by atoms with Gasteiger partial charge in [-0.05, 0) is 49.2 Å². The maximum atomic E-state index is 13.5. The van der Waals surface area contributed by atoms with Gasteiger partial charge in [-0.1, -0.05) is 19.4 Å². The molecule has 1 unspecified atom stereocenters. The fourth-order valence-electron chi connectivity index (χ4n) is 4.06. The first-order valence-electron chi connectivity index (χ1n) is 10.9. The van der Waals surface area contributed by atoms with Crippen molar-refractivity contribution in [2.45, 2.75) is 47.6 Å². The number of carbonyl (C=O) groups excluding carboxylic acids is 2. The highest BCUT2D eigenvalue weighted by atomic mass is 32.2. The fraction of sp³-hybridized carbons (Fsp3) is 0.391.